The standard InChI is InChI=1S/C19H31N3O4S/c1-4-5-9-21-16(25)14-19-8-7-18(2,27-19)12(15(24)20-3)13(19)17(26)22(14)10-6-11-23/h12-14,23H,4-11H2,1-3H3,(H,20,24)(H,21,25)/t12-,13+,14?,18+,19?/m1/s1. The Hall–Kier alpha value is -1.28. The maximum absolute atomic E-state index is 13.4. The first-order chi connectivity index (χ1) is 12.9. The molecule has 3 aliphatic rings. The highest BCUT2D eigenvalue weighted by molar-refractivity contribution is 8.02. The zero-order valence-corrected chi connectivity index (χ0v) is 17.2. The van der Waals surface area contributed by atoms with Gasteiger partial charge < -0.3 is 20.6 Å². The Labute approximate surface area is 165 Å². The maximum atomic E-state index is 13.4. The van der Waals surface area contributed by atoms with Gasteiger partial charge in [-0.15, -0.1) is 11.8 Å². The number of likely N-dealkylation sites (tertiary alicyclic amines) is 1. The van der Waals surface area contributed by atoms with Crippen LogP contribution in [0.2, 0.25) is 0 Å². The highest BCUT2D eigenvalue weighted by atomic mass is 32.2. The van der Waals surface area contributed by atoms with E-state index in [0.717, 1.165) is 25.7 Å². The highest BCUT2D eigenvalue weighted by Crippen LogP contribution is 2.71. The van der Waals surface area contributed by atoms with Gasteiger partial charge in [-0.1, -0.05) is 13.3 Å². The van der Waals surface area contributed by atoms with E-state index in [0.29, 0.717) is 19.5 Å². The van der Waals surface area contributed by atoms with Crippen LogP contribution in [-0.2, 0) is 14.4 Å². The second-order valence-electron chi connectivity index (χ2n) is 8.10. The predicted molar refractivity (Wildman–Crippen MR) is 104 cm³/mol. The summed E-state index contributed by atoms with van der Waals surface area (Å²) in [6.45, 7) is 5.03. The second kappa shape index (κ2) is 7.62. The Bertz CT molecular complexity index is 630. The van der Waals surface area contributed by atoms with E-state index in [1.165, 1.54) is 0 Å². The van der Waals surface area contributed by atoms with E-state index in [9.17, 15) is 19.5 Å². The van der Waals surface area contributed by atoms with Crippen LogP contribution in [0.15, 0.2) is 0 Å². The average molecular weight is 398 g/mol. The number of rotatable bonds is 8. The van der Waals surface area contributed by atoms with Crippen molar-refractivity contribution in [3.63, 3.8) is 0 Å². The Balaban J connectivity index is 1.96. The van der Waals surface area contributed by atoms with Crippen LogP contribution in [0.25, 0.3) is 0 Å². The minimum atomic E-state index is -0.570. The van der Waals surface area contributed by atoms with Crippen LogP contribution in [0, 0.1) is 11.8 Å². The zero-order valence-electron chi connectivity index (χ0n) is 16.4. The van der Waals surface area contributed by atoms with Crippen LogP contribution >= 0.6 is 11.8 Å². The molecule has 2 unspecified atom stereocenters. The summed E-state index contributed by atoms with van der Waals surface area (Å²) >= 11 is 1.67. The molecule has 7 nitrogen and oxygen atoms in total. The van der Waals surface area contributed by atoms with Crippen LogP contribution in [0.5, 0.6) is 0 Å². The van der Waals surface area contributed by atoms with Crippen molar-refractivity contribution in [3.05, 3.63) is 0 Å². The molecule has 0 aromatic heterocycles. The van der Waals surface area contributed by atoms with Crippen molar-refractivity contribution in [1.82, 2.24) is 15.5 Å². The number of aliphatic hydroxyl groups excluding tert-OH is 1. The summed E-state index contributed by atoms with van der Waals surface area (Å²) in [7, 11) is 1.60. The summed E-state index contributed by atoms with van der Waals surface area (Å²) in [5, 5.41) is 15.0. The third kappa shape index (κ3) is 3.05. The van der Waals surface area contributed by atoms with Crippen LogP contribution in [0.4, 0.5) is 0 Å². The molecule has 3 fully saturated rings. The smallest absolute Gasteiger partial charge is 0.244 e. The minimum absolute atomic E-state index is 0.0324. The largest absolute Gasteiger partial charge is 0.396 e. The molecule has 0 aromatic rings. The van der Waals surface area contributed by atoms with Crippen LogP contribution in [0.3, 0.4) is 0 Å². The van der Waals surface area contributed by atoms with Gasteiger partial charge >= 0.3 is 0 Å². The number of fused-ring (bicyclic) bond motifs is 1. The molecule has 152 valence electrons. The topological polar surface area (TPSA) is 98.7 Å². The number of nitrogens with one attached hydrogen (secondary N) is 2. The molecule has 5 atom stereocenters. The van der Waals surface area contributed by atoms with Gasteiger partial charge in [-0.3, -0.25) is 14.4 Å². The van der Waals surface area contributed by atoms with E-state index in [1.807, 2.05) is 0 Å². The van der Waals surface area contributed by atoms with Crippen LogP contribution < -0.4 is 10.6 Å². The van der Waals surface area contributed by atoms with E-state index in [-0.39, 0.29) is 29.1 Å². The van der Waals surface area contributed by atoms with E-state index in [2.05, 4.69) is 24.5 Å². The SMILES string of the molecule is CCCCNC(=O)C1N(CCCO)C(=O)[C@@H]2[C@H](C(=O)NC)[C@]3(C)CCC12S3. The monoisotopic (exact) mass is 397 g/mol. The van der Waals surface area contributed by atoms with Gasteiger partial charge in [0.05, 0.1) is 16.6 Å². The Morgan fingerprint density at radius 2 is 2.04 bits per heavy atom. The molecular formula is C19H31N3O4S. The first kappa shape index (κ1) is 20.5. The van der Waals surface area contributed by atoms with Gasteiger partial charge in [0.25, 0.3) is 0 Å². The zero-order chi connectivity index (χ0) is 19.8. The van der Waals surface area contributed by atoms with Crippen LogP contribution in [-0.4, -0.2) is 70.0 Å². The summed E-state index contributed by atoms with van der Waals surface area (Å²) in [4.78, 5) is 40.8. The Morgan fingerprint density at radius 3 is 2.67 bits per heavy atom. The molecule has 0 radical (unpaired) electrons. The van der Waals surface area contributed by atoms with E-state index >= 15 is 0 Å². The van der Waals surface area contributed by atoms with Gasteiger partial charge in [0.2, 0.25) is 17.7 Å². The predicted octanol–water partition coefficient (Wildman–Crippen LogP) is 0.512. The molecule has 0 saturated carbocycles. The van der Waals surface area contributed by atoms with Crippen molar-refractivity contribution in [2.75, 3.05) is 26.7 Å². The summed E-state index contributed by atoms with van der Waals surface area (Å²) in [6, 6.07) is -0.570. The summed E-state index contributed by atoms with van der Waals surface area (Å²) < 4.78 is -0.861. The lowest BCUT2D eigenvalue weighted by molar-refractivity contribution is -0.140. The van der Waals surface area contributed by atoms with Gasteiger partial charge in [0.1, 0.15) is 6.04 Å². The number of carbonyl (C=O) groups is 3. The van der Waals surface area contributed by atoms with Crippen molar-refractivity contribution >= 4 is 29.5 Å². The second-order valence-corrected chi connectivity index (χ2v) is 9.99. The molecule has 8 heteroatoms. The first-order valence-corrected chi connectivity index (χ1v) is 10.8. The molecule has 3 rings (SSSR count). The van der Waals surface area contributed by atoms with Crippen molar-refractivity contribution in [2.45, 2.75) is 61.5 Å². The molecule has 0 aliphatic carbocycles. The number of hydrogen-bond donors (Lipinski definition) is 3. The molecule has 3 N–H and O–H groups in total. The number of nitrogens with zero attached hydrogens (tertiary/aromatic N) is 1. The molecule has 3 amide bonds. The molecule has 2 bridgehead atoms. The normalized spacial score (nSPS) is 36.8. The van der Waals surface area contributed by atoms with Crippen molar-refractivity contribution in [1.29, 1.82) is 0 Å². The van der Waals surface area contributed by atoms with Gasteiger partial charge in [0.15, 0.2) is 0 Å². The fourth-order valence-corrected chi connectivity index (χ4v) is 7.61. The van der Waals surface area contributed by atoms with Crippen molar-refractivity contribution < 1.29 is 19.5 Å². The van der Waals surface area contributed by atoms with E-state index < -0.39 is 22.6 Å². The third-order valence-electron chi connectivity index (χ3n) is 6.44. The summed E-state index contributed by atoms with van der Waals surface area (Å²) in [5.41, 5.74) is 0. The minimum Gasteiger partial charge on any atom is -0.396 e. The lowest BCUT2D eigenvalue weighted by Crippen LogP contribution is -2.54. The Kier molecular flexibility index (Phi) is 5.77. The molecule has 3 heterocycles. The fourth-order valence-electron chi connectivity index (χ4n) is 5.25. The quantitative estimate of drug-likeness (QED) is 0.519. The number of thioether (sulfide) groups is 1. The maximum Gasteiger partial charge on any atom is 0.244 e. The summed E-state index contributed by atoms with van der Waals surface area (Å²) in [5.74, 6) is -1.23. The van der Waals surface area contributed by atoms with Gasteiger partial charge in [-0.05, 0) is 32.6 Å². The molecule has 3 aliphatic heterocycles. The van der Waals surface area contributed by atoms with Crippen LogP contribution in [0.1, 0.15) is 46.0 Å². The number of aliphatic hydroxyl groups is 1. The van der Waals surface area contributed by atoms with Gasteiger partial charge in [-0.25, -0.2) is 0 Å². The Morgan fingerprint density at radius 1 is 1.30 bits per heavy atom. The molecule has 27 heavy (non-hydrogen) atoms. The third-order valence-corrected chi connectivity index (χ3v) is 8.43. The molecular weight excluding hydrogens is 366 g/mol. The number of carbonyl (C=O) groups excluding carboxylic acids is 3. The summed E-state index contributed by atoms with van der Waals surface area (Å²) in [6.07, 6.45) is 3.90. The number of amides is 3. The highest BCUT2D eigenvalue weighted by Gasteiger charge is 2.76. The van der Waals surface area contributed by atoms with Gasteiger partial charge in [-0.2, -0.15) is 0 Å². The lowest BCUT2D eigenvalue weighted by Gasteiger charge is -2.34. The average Bonchev–Trinajstić information content (AvgIpc) is 3.20. The van der Waals surface area contributed by atoms with Crippen molar-refractivity contribution in [3.8, 4) is 0 Å². The molecule has 3 saturated heterocycles. The van der Waals surface area contributed by atoms with Crippen molar-refractivity contribution in [2.24, 2.45) is 11.8 Å². The number of hydrogen-bond acceptors (Lipinski definition) is 5. The molecule has 0 aromatic carbocycles. The van der Waals surface area contributed by atoms with E-state index in [4.69, 9.17) is 0 Å². The van der Waals surface area contributed by atoms with Gasteiger partial charge in [0, 0.05) is 31.5 Å². The number of unbranched alkanes of at least 4 members (excludes halogenated alkanes) is 1. The fraction of sp³-hybridized carbons (Fsp3) is 0.842. The first-order valence-electron chi connectivity index (χ1n) is 9.97. The lowest BCUT2D eigenvalue weighted by atomic mass is 9.66. The van der Waals surface area contributed by atoms with E-state index in [1.54, 1.807) is 23.7 Å². The molecule has 1 spiro atoms.